The second-order valence-electron chi connectivity index (χ2n) is 7.44. The number of nitrogens with zero attached hydrogens (tertiary/aromatic N) is 2. The molecule has 1 saturated heterocycles. The molecule has 0 bridgehead atoms. The zero-order valence-electron chi connectivity index (χ0n) is 17.0. The number of piperazine rings is 1. The maximum absolute atomic E-state index is 12.8. The summed E-state index contributed by atoms with van der Waals surface area (Å²) >= 11 is 0. The van der Waals surface area contributed by atoms with Gasteiger partial charge in [-0.1, -0.05) is 48.5 Å². The van der Waals surface area contributed by atoms with E-state index in [0.29, 0.717) is 5.56 Å². The van der Waals surface area contributed by atoms with E-state index in [-0.39, 0.29) is 11.8 Å². The lowest BCUT2D eigenvalue weighted by Crippen LogP contribution is -2.48. The minimum atomic E-state index is -0.133. The molecule has 4 rings (SSSR count). The first-order valence-electron chi connectivity index (χ1n) is 10.2. The highest BCUT2D eigenvalue weighted by molar-refractivity contribution is 6.05. The molecule has 1 fully saturated rings. The number of hydrogen-bond donors (Lipinski definition) is 1. The summed E-state index contributed by atoms with van der Waals surface area (Å²) in [5.41, 5.74) is 4.53. The molecule has 1 aliphatic heterocycles. The average molecular weight is 399 g/mol. The normalized spacial score (nSPS) is 13.8. The zero-order chi connectivity index (χ0) is 20.9. The van der Waals surface area contributed by atoms with Crippen LogP contribution in [0.1, 0.15) is 17.3 Å². The number of hydrogen-bond acceptors (Lipinski definition) is 3. The predicted molar refractivity (Wildman–Crippen MR) is 121 cm³/mol. The van der Waals surface area contributed by atoms with Crippen LogP contribution in [0.25, 0.3) is 11.1 Å². The van der Waals surface area contributed by atoms with Gasteiger partial charge < -0.3 is 15.1 Å². The third-order valence-corrected chi connectivity index (χ3v) is 5.43. The van der Waals surface area contributed by atoms with Crippen LogP contribution < -0.4 is 10.2 Å². The molecule has 1 aliphatic rings. The first kappa shape index (κ1) is 19.7. The molecule has 0 unspecified atom stereocenters. The summed E-state index contributed by atoms with van der Waals surface area (Å²) in [5.74, 6) is -0.0141. The summed E-state index contributed by atoms with van der Waals surface area (Å²) < 4.78 is 0. The summed E-state index contributed by atoms with van der Waals surface area (Å²) in [7, 11) is 0. The topological polar surface area (TPSA) is 52.7 Å². The molecule has 3 aromatic rings. The zero-order valence-corrected chi connectivity index (χ0v) is 17.0. The van der Waals surface area contributed by atoms with E-state index in [2.05, 4.69) is 10.2 Å². The van der Waals surface area contributed by atoms with Crippen LogP contribution in [0.3, 0.4) is 0 Å². The first-order valence-corrected chi connectivity index (χ1v) is 10.2. The Morgan fingerprint density at radius 1 is 0.767 bits per heavy atom. The van der Waals surface area contributed by atoms with Gasteiger partial charge in [-0.2, -0.15) is 0 Å². The van der Waals surface area contributed by atoms with E-state index in [1.165, 1.54) is 0 Å². The molecule has 2 amide bonds. The van der Waals surface area contributed by atoms with Crippen molar-refractivity contribution in [2.75, 3.05) is 36.4 Å². The van der Waals surface area contributed by atoms with Gasteiger partial charge in [0.25, 0.3) is 5.91 Å². The van der Waals surface area contributed by atoms with Crippen molar-refractivity contribution in [3.8, 4) is 11.1 Å². The Kier molecular flexibility index (Phi) is 5.80. The fourth-order valence-electron chi connectivity index (χ4n) is 3.73. The van der Waals surface area contributed by atoms with Gasteiger partial charge in [-0.15, -0.1) is 0 Å². The van der Waals surface area contributed by atoms with Gasteiger partial charge in [-0.25, -0.2) is 0 Å². The minimum absolute atomic E-state index is 0.119. The Morgan fingerprint density at radius 2 is 1.47 bits per heavy atom. The lowest BCUT2D eigenvalue weighted by atomic mass is 10.0. The Balaban J connectivity index is 1.46. The Bertz CT molecular complexity index is 1040. The van der Waals surface area contributed by atoms with Gasteiger partial charge >= 0.3 is 0 Å². The van der Waals surface area contributed by atoms with Crippen molar-refractivity contribution < 1.29 is 9.59 Å². The summed E-state index contributed by atoms with van der Waals surface area (Å²) in [6, 6.07) is 25.5. The summed E-state index contributed by atoms with van der Waals surface area (Å²) in [6.45, 7) is 4.63. The monoisotopic (exact) mass is 399 g/mol. The van der Waals surface area contributed by atoms with E-state index in [1.54, 1.807) is 6.92 Å². The van der Waals surface area contributed by atoms with Crippen LogP contribution in [0.4, 0.5) is 11.4 Å². The van der Waals surface area contributed by atoms with Crippen LogP contribution in [-0.2, 0) is 4.79 Å². The first-order chi connectivity index (χ1) is 14.6. The van der Waals surface area contributed by atoms with Crippen molar-refractivity contribution in [1.82, 2.24) is 4.90 Å². The number of anilines is 2. The molecule has 5 heteroatoms. The third kappa shape index (κ3) is 4.51. The molecule has 0 aliphatic carbocycles. The maximum Gasteiger partial charge on any atom is 0.255 e. The van der Waals surface area contributed by atoms with E-state index >= 15 is 0 Å². The van der Waals surface area contributed by atoms with Gasteiger partial charge in [0.15, 0.2) is 0 Å². The van der Waals surface area contributed by atoms with E-state index < -0.39 is 0 Å². The number of carbonyl (C=O) groups is 2. The van der Waals surface area contributed by atoms with Gasteiger partial charge in [0, 0.05) is 50.0 Å². The maximum atomic E-state index is 12.8. The van der Waals surface area contributed by atoms with E-state index in [9.17, 15) is 9.59 Å². The van der Waals surface area contributed by atoms with E-state index in [1.807, 2.05) is 83.8 Å². The van der Waals surface area contributed by atoms with Crippen LogP contribution in [-0.4, -0.2) is 42.9 Å². The lowest BCUT2D eigenvalue weighted by molar-refractivity contribution is -0.129. The third-order valence-electron chi connectivity index (χ3n) is 5.43. The average Bonchev–Trinajstić information content (AvgIpc) is 2.80. The van der Waals surface area contributed by atoms with Crippen molar-refractivity contribution in [2.24, 2.45) is 0 Å². The number of rotatable bonds is 4. The Hall–Kier alpha value is -3.60. The van der Waals surface area contributed by atoms with Crippen molar-refractivity contribution in [3.63, 3.8) is 0 Å². The van der Waals surface area contributed by atoms with Crippen LogP contribution >= 0.6 is 0 Å². The number of benzene rings is 3. The highest BCUT2D eigenvalue weighted by Gasteiger charge is 2.19. The van der Waals surface area contributed by atoms with Crippen molar-refractivity contribution in [3.05, 3.63) is 84.4 Å². The van der Waals surface area contributed by atoms with Gasteiger partial charge in [0.1, 0.15) is 0 Å². The largest absolute Gasteiger partial charge is 0.368 e. The number of carbonyl (C=O) groups excluding carboxylic acids is 2. The standard InChI is InChI=1S/C25H25N3O2/c1-19(29)27-13-15-28(16-14-27)24-12-6-11-23(18-24)26-25(30)22-10-5-9-21(17-22)20-7-3-2-4-8-20/h2-12,17-18H,13-16H2,1H3,(H,26,30). The summed E-state index contributed by atoms with van der Waals surface area (Å²) in [6.07, 6.45) is 0. The molecular formula is C25H25N3O2. The minimum Gasteiger partial charge on any atom is -0.368 e. The molecule has 5 nitrogen and oxygen atoms in total. The Labute approximate surface area is 176 Å². The summed E-state index contributed by atoms with van der Waals surface area (Å²) in [4.78, 5) is 28.5. The molecule has 0 spiro atoms. The smallest absolute Gasteiger partial charge is 0.255 e. The highest BCUT2D eigenvalue weighted by atomic mass is 16.2. The van der Waals surface area contributed by atoms with Crippen LogP contribution in [0, 0.1) is 0 Å². The molecule has 0 radical (unpaired) electrons. The molecule has 0 saturated carbocycles. The van der Waals surface area contributed by atoms with Crippen molar-refractivity contribution >= 4 is 23.2 Å². The lowest BCUT2D eigenvalue weighted by Gasteiger charge is -2.35. The van der Waals surface area contributed by atoms with Crippen LogP contribution in [0.5, 0.6) is 0 Å². The molecule has 152 valence electrons. The van der Waals surface area contributed by atoms with Gasteiger partial charge in [-0.3, -0.25) is 9.59 Å². The van der Waals surface area contributed by atoms with Gasteiger partial charge in [-0.05, 0) is 41.5 Å². The summed E-state index contributed by atoms with van der Waals surface area (Å²) in [5, 5.41) is 3.01. The van der Waals surface area contributed by atoms with E-state index in [4.69, 9.17) is 0 Å². The Morgan fingerprint density at radius 3 is 2.20 bits per heavy atom. The second-order valence-corrected chi connectivity index (χ2v) is 7.44. The van der Waals surface area contributed by atoms with E-state index in [0.717, 1.165) is 48.7 Å². The number of nitrogens with one attached hydrogen (secondary N) is 1. The quantitative estimate of drug-likeness (QED) is 0.713. The molecule has 30 heavy (non-hydrogen) atoms. The van der Waals surface area contributed by atoms with Crippen LogP contribution in [0.2, 0.25) is 0 Å². The molecule has 1 N–H and O–H groups in total. The van der Waals surface area contributed by atoms with Gasteiger partial charge in [0.05, 0.1) is 0 Å². The molecule has 0 aromatic heterocycles. The fraction of sp³-hybridized carbons (Fsp3) is 0.200. The molecule has 0 atom stereocenters. The molecular weight excluding hydrogens is 374 g/mol. The van der Waals surface area contributed by atoms with Crippen molar-refractivity contribution in [2.45, 2.75) is 6.92 Å². The van der Waals surface area contributed by atoms with Crippen LogP contribution in [0.15, 0.2) is 78.9 Å². The fourth-order valence-corrected chi connectivity index (χ4v) is 3.73. The highest BCUT2D eigenvalue weighted by Crippen LogP contribution is 2.23. The molecule has 3 aromatic carbocycles. The van der Waals surface area contributed by atoms with Gasteiger partial charge in [0.2, 0.25) is 5.91 Å². The molecule has 1 heterocycles. The predicted octanol–water partition coefficient (Wildman–Crippen LogP) is 4.27. The SMILES string of the molecule is CC(=O)N1CCN(c2cccc(NC(=O)c3cccc(-c4ccccc4)c3)c2)CC1. The van der Waals surface area contributed by atoms with Crippen molar-refractivity contribution in [1.29, 1.82) is 0 Å². The second kappa shape index (κ2) is 8.82. The number of amides is 2.